The average molecular weight is 391 g/mol. The Labute approximate surface area is 162 Å². The van der Waals surface area contributed by atoms with Crippen LogP contribution >= 0.6 is 21.1 Å². The van der Waals surface area contributed by atoms with E-state index in [0.717, 1.165) is 18.4 Å². The van der Waals surface area contributed by atoms with E-state index in [1.807, 2.05) is 53.6 Å². The van der Waals surface area contributed by atoms with Crippen LogP contribution in [-0.2, 0) is 15.7 Å². The van der Waals surface area contributed by atoms with E-state index < -0.39 is 11.9 Å². The molecule has 2 aromatic carbocycles. The number of halogens is 1. The fraction of sp³-hybridized carbons (Fsp3) is 0.333. The molecule has 5 heteroatoms. The molecule has 0 saturated heterocycles. The summed E-state index contributed by atoms with van der Waals surface area (Å²) in [5.41, 5.74) is 2.54. The van der Waals surface area contributed by atoms with Gasteiger partial charge in [0.15, 0.2) is 5.78 Å². The zero-order chi connectivity index (χ0) is 19.1. The van der Waals surface area contributed by atoms with Crippen LogP contribution in [0, 0.1) is 18.8 Å². The number of hydrogen-bond donors (Lipinski definition) is 0. The summed E-state index contributed by atoms with van der Waals surface area (Å²) in [6.45, 7) is 3.87. The van der Waals surface area contributed by atoms with Crippen LogP contribution < -0.4 is 0 Å². The maximum atomic E-state index is 13.2. The van der Waals surface area contributed by atoms with Gasteiger partial charge in [0.2, 0.25) is 0 Å². The highest BCUT2D eigenvalue weighted by atomic mass is 35.5. The molecule has 3 nitrogen and oxygen atoms in total. The summed E-state index contributed by atoms with van der Waals surface area (Å²) in [5, 5.41) is 0.425. The largest absolute Gasteiger partial charge is 0.451 e. The van der Waals surface area contributed by atoms with E-state index in [4.69, 9.17) is 16.1 Å². The Morgan fingerprint density at radius 1 is 1.12 bits per heavy atom. The smallest absolute Gasteiger partial charge is 0.308 e. The molecule has 138 valence electrons. The zero-order valence-corrected chi connectivity index (χ0v) is 17.0. The van der Waals surface area contributed by atoms with Crippen molar-refractivity contribution in [2.45, 2.75) is 33.1 Å². The van der Waals surface area contributed by atoms with E-state index in [1.54, 1.807) is 6.07 Å². The fourth-order valence-corrected chi connectivity index (χ4v) is 3.56. The molecule has 2 rings (SSSR count). The lowest BCUT2D eigenvalue weighted by Gasteiger charge is -2.23. The molecule has 0 aliphatic rings. The van der Waals surface area contributed by atoms with E-state index in [-0.39, 0.29) is 18.1 Å². The van der Waals surface area contributed by atoms with Crippen molar-refractivity contribution in [3.63, 3.8) is 0 Å². The van der Waals surface area contributed by atoms with Crippen molar-refractivity contribution in [1.82, 2.24) is 0 Å². The predicted octanol–water partition coefficient (Wildman–Crippen LogP) is 5.44. The first-order valence-electron chi connectivity index (χ1n) is 8.66. The number of hydrogen-bond acceptors (Lipinski definition) is 3. The Kier molecular flexibility index (Phi) is 7.81. The molecule has 0 bridgehead atoms. The van der Waals surface area contributed by atoms with Gasteiger partial charge >= 0.3 is 5.97 Å². The molecule has 0 aromatic heterocycles. The minimum absolute atomic E-state index is 0.0162. The van der Waals surface area contributed by atoms with Gasteiger partial charge < -0.3 is 4.52 Å². The molecule has 0 N–H and O–H groups in total. The van der Waals surface area contributed by atoms with Gasteiger partial charge in [-0.05, 0) is 42.9 Å². The number of Topliss-reactive ketones (excluding diaryl/α,β-unsaturated/α-hetero) is 1. The van der Waals surface area contributed by atoms with Crippen molar-refractivity contribution in [2.24, 2.45) is 11.8 Å². The molecule has 0 aliphatic carbocycles. The van der Waals surface area contributed by atoms with Gasteiger partial charge in [-0.1, -0.05) is 61.0 Å². The standard InChI is InChI=1S/C21H24ClO3P/c1-14(11-12-16-8-4-3-5-9-16)17(13-19(23)25-26)21(24)20-15(2)7-6-10-18(20)22/h3-10,14,17H,11-13,26H2,1-2H3. The van der Waals surface area contributed by atoms with Gasteiger partial charge in [-0.15, -0.1) is 0 Å². The van der Waals surface area contributed by atoms with E-state index in [2.05, 4.69) is 12.1 Å². The van der Waals surface area contributed by atoms with Crippen LogP contribution in [0.3, 0.4) is 0 Å². The van der Waals surface area contributed by atoms with Crippen LogP contribution in [0.15, 0.2) is 48.5 Å². The summed E-state index contributed by atoms with van der Waals surface area (Å²) in [5.74, 6) is -0.957. The van der Waals surface area contributed by atoms with E-state index in [9.17, 15) is 9.59 Å². The number of rotatable bonds is 8. The summed E-state index contributed by atoms with van der Waals surface area (Å²) >= 11 is 6.28. The molecule has 0 aliphatic heterocycles. The van der Waals surface area contributed by atoms with Crippen LogP contribution in [0.5, 0.6) is 0 Å². The Balaban J connectivity index is 2.21. The summed E-state index contributed by atoms with van der Waals surface area (Å²) in [7, 11) is 1.95. The van der Waals surface area contributed by atoms with Gasteiger partial charge in [0.25, 0.3) is 0 Å². The molecule has 0 heterocycles. The second-order valence-electron chi connectivity index (χ2n) is 6.60. The first-order valence-corrected chi connectivity index (χ1v) is 9.51. The third-order valence-corrected chi connectivity index (χ3v) is 5.32. The molecule has 3 unspecified atom stereocenters. The molecule has 0 fully saturated rings. The van der Waals surface area contributed by atoms with Crippen LogP contribution in [-0.4, -0.2) is 11.8 Å². The third kappa shape index (κ3) is 5.40. The van der Waals surface area contributed by atoms with Crippen molar-refractivity contribution in [2.75, 3.05) is 0 Å². The van der Waals surface area contributed by atoms with E-state index in [1.165, 1.54) is 5.56 Å². The normalized spacial score (nSPS) is 13.1. The van der Waals surface area contributed by atoms with Gasteiger partial charge in [-0.2, -0.15) is 0 Å². The number of carbonyl (C=O) groups is 2. The first-order chi connectivity index (χ1) is 12.4. The van der Waals surface area contributed by atoms with Crippen molar-refractivity contribution >= 4 is 32.8 Å². The Hall–Kier alpha value is -1.70. The lowest BCUT2D eigenvalue weighted by Crippen LogP contribution is -2.26. The highest BCUT2D eigenvalue weighted by Crippen LogP contribution is 2.30. The molecule has 26 heavy (non-hydrogen) atoms. The molecule has 0 saturated carbocycles. The van der Waals surface area contributed by atoms with Gasteiger partial charge in [-0.3, -0.25) is 9.59 Å². The van der Waals surface area contributed by atoms with Crippen LogP contribution in [0.1, 0.15) is 41.3 Å². The topological polar surface area (TPSA) is 43.4 Å². The lowest BCUT2D eigenvalue weighted by atomic mass is 9.80. The minimum atomic E-state index is -0.467. The summed E-state index contributed by atoms with van der Waals surface area (Å²) in [4.78, 5) is 25.1. The highest BCUT2D eigenvalue weighted by molar-refractivity contribution is 7.10. The maximum Gasteiger partial charge on any atom is 0.308 e. The Morgan fingerprint density at radius 2 is 1.81 bits per heavy atom. The van der Waals surface area contributed by atoms with Gasteiger partial charge in [-0.25, -0.2) is 0 Å². The van der Waals surface area contributed by atoms with Gasteiger partial charge in [0.1, 0.15) is 0 Å². The number of benzene rings is 2. The number of ketones is 1. The number of aryl methyl sites for hydroxylation is 2. The zero-order valence-electron chi connectivity index (χ0n) is 15.1. The highest BCUT2D eigenvalue weighted by Gasteiger charge is 2.30. The first kappa shape index (κ1) is 20.6. The van der Waals surface area contributed by atoms with Crippen molar-refractivity contribution in [3.8, 4) is 0 Å². The second-order valence-corrected chi connectivity index (χ2v) is 7.24. The molecular weight excluding hydrogens is 367 g/mol. The molecule has 0 spiro atoms. The SMILES string of the molecule is Cc1cccc(Cl)c1C(=O)C(CC(=O)OP)C(C)CCc1ccccc1. The molecule has 0 radical (unpaired) electrons. The Bertz CT molecular complexity index is 741. The van der Waals surface area contributed by atoms with Crippen LogP contribution in [0.2, 0.25) is 5.02 Å². The molecular formula is C21H24ClO3P. The van der Waals surface area contributed by atoms with Crippen LogP contribution in [0.4, 0.5) is 0 Å². The minimum Gasteiger partial charge on any atom is -0.451 e. The predicted molar refractivity (Wildman–Crippen MR) is 108 cm³/mol. The van der Waals surface area contributed by atoms with Gasteiger partial charge in [0.05, 0.1) is 20.9 Å². The summed E-state index contributed by atoms with van der Waals surface area (Å²) in [6.07, 6.45) is 1.69. The molecule has 0 amide bonds. The lowest BCUT2D eigenvalue weighted by molar-refractivity contribution is -0.134. The molecule has 2 aromatic rings. The molecule has 3 atom stereocenters. The Morgan fingerprint density at radius 3 is 2.42 bits per heavy atom. The van der Waals surface area contributed by atoms with Gasteiger partial charge in [0, 0.05) is 11.5 Å². The van der Waals surface area contributed by atoms with E-state index >= 15 is 0 Å². The third-order valence-electron chi connectivity index (χ3n) is 4.74. The summed E-state index contributed by atoms with van der Waals surface area (Å²) < 4.78 is 4.73. The fourth-order valence-electron chi connectivity index (χ4n) is 3.15. The van der Waals surface area contributed by atoms with Crippen molar-refractivity contribution < 1.29 is 14.1 Å². The number of carbonyl (C=O) groups excluding carboxylic acids is 2. The monoisotopic (exact) mass is 390 g/mol. The quantitative estimate of drug-likeness (QED) is 0.445. The summed E-state index contributed by atoms with van der Waals surface area (Å²) in [6, 6.07) is 15.5. The van der Waals surface area contributed by atoms with Crippen LogP contribution in [0.25, 0.3) is 0 Å². The van der Waals surface area contributed by atoms with Crippen molar-refractivity contribution in [3.05, 3.63) is 70.2 Å². The maximum absolute atomic E-state index is 13.2. The average Bonchev–Trinajstić information content (AvgIpc) is 2.64. The van der Waals surface area contributed by atoms with E-state index in [0.29, 0.717) is 10.6 Å². The van der Waals surface area contributed by atoms with Crippen molar-refractivity contribution in [1.29, 1.82) is 0 Å². The second kappa shape index (κ2) is 9.85.